The van der Waals surface area contributed by atoms with Gasteiger partial charge in [-0.1, -0.05) is 12.1 Å². The van der Waals surface area contributed by atoms with E-state index in [1.807, 2.05) is 0 Å². The Labute approximate surface area is 282 Å². The van der Waals surface area contributed by atoms with Gasteiger partial charge >= 0.3 is 11.7 Å². The van der Waals surface area contributed by atoms with Gasteiger partial charge in [-0.2, -0.15) is 9.97 Å². The largest absolute Gasteiger partial charge is 0.461 e. The van der Waals surface area contributed by atoms with Crippen molar-refractivity contribution >= 4 is 22.9 Å². The Hall–Kier alpha value is -4.33. The van der Waals surface area contributed by atoms with Crippen molar-refractivity contribution < 1.29 is 42.7 Å². The number of H-pyrrole nitrogens is 1. The zero-order chi connectivity index (χ0) is 34.9. The molecule has 5 N–H and O–H groups in total. The monoisotopic (exact) mass is 692 g/mol. The summed E-state index contributed by atoms with van der Waals surface area (Å²) in [7, 11) is 1.55. The van der Waals surface area contributed by atoms with Crippen molar-refractivity contribution in [2.45, 2.75) is 6.54 Å². The molecule has 19 heteroatoms. The fourth-order valence-corrected chi connectivity index (χ4v) is 4.10. The van der Waals surface area contributed by atoms with Crippen molar-refractivity contribution in [2.24, 2.45) is 5.11 Å². The highest BCUT2D eigenvalue weighted by atomic mass is 16.6. The van der Waals surface area contributed by atoms with Crippen LogP contribution in [0.1, 0.15) is 15.9 Å². The quantitative estimate of drug-likeness (QED) is 0.0451. The van der Waals surface area contributed by atoms with Crippen LogP contribution in [0.25, 0.3) is 11.2 Å². The molecule has 0 bridgehead atoms. The van der Waals surface area contributed by atoms with Crippen molar-refractivity contribution in [3.8, 4) is 6.01 Å². The predicted octanol–water partition coefficient (Wildman–Crippen LogP) is 0.155. The van der Waals surface area contributed by atoms with E-state index < -0.39 is 5.69 Å². The van der Waals surface area contributed by atoms with Crippen LogP contribution in [0.5, 0.6) is 6.01 Å². The van der Waals surface area contributed by atoms with Crippen LogP contribution in [-0.4, -0.2) is 138 Å². The summed E-state index contributed by atoms with van der Waals surface area (Å²) in [4.78, 5) is 39.1. The van der Waals surface area contributed by atoms with E-state index in [4.69, 9.17) is 49.2 Å². The van der Waals surface area contributed by atoms with E-state index in [0.717, 1.165) is 5.56 Å². The third kappa shape index (κ3) is 15.2. The fourth-order valence-electron chi connectivity index (χ4n) is 4.10. The molecule has 3 rings (SSSR count). The van der Waals surface area contributed by atoms with Gasteiger partial charge in [-0.05, 0) is 17.7 Å². The SMILES string of the molecule is COCCOc1nc(N)c2[nH]c(=O)n(Cc3ccc(C(=O)NCCOCCOCCOCCOCCOCCOCCN=[N+]=N)cc3)c2n1. The minimum absolute atomic E-state index is 0.0441. The average molecular weight is 693 g/mol. The minimum atomic E-state index is -0.396. The summed E-state index contributed by atoms with van der Waals surface area (Å²) in [5.41, 5.74) is 14.0. The summed E-state index contributed by atoms with van der Waals surface area (Å²) < 4.78 is 44.3. The van der Waals surface area contributed by atoms with Crippen molar-refractivity contribution in [1.82, 2.24) is 29.7 Å². The maximum Gasteiger partial charge on any atom is 0.328 e. The second-order valence-electron chi connectivity index (χ2n) is 10.0. The van der Waals surface area contributed by atoms with Gasteiger partial charge < -0.3 is 53.9 Å². The first-order valence-corrected chi connectivity index (χ1v) is 15.8. The Balaban J connectivity index is 1.19. The molecule has 19 nitrogen and oxygen atoms in total. The van der Waals surface area contributed by atoms with Gasteiger partial charge in [0.1, 0.15) is 29.3 Å². The molecule has 0 unspecified atom stereocenters. The number of methoxy groups -OCH3 is 1. The van der Waals surface area contributed by atoms with Gasteiger partial charge in [-0.25, -0.2) is 4.79 Å². The van der Waals surface area contributed by atoms with Crippen LogP contribution in [0.3, 0.4) is 0 Å². The molecule has 49 heavy (non-hydrogen) atoms. The lowest BCUT2D eigenvalue weighted by molar-refractivity contribution is -0.0162. The minimum Gasteiger partial charge on any atom is -0.461 e. The summed E-state index contributed by atoms with van der Waals surface area (Å²) in [5.74, 6) is -0.143. The van der Waals surface area contributed by atoms with Crippen molar-refractivity contribution in [1.29, 1.82) is 5.53 Å². The van der Waals surface area contributed by atoms with Gasteiger partial charge in [0, 0.05) is 19.2 Å². The van der Waals surface area contributed by atoms with Crippen molar-refractivity contribution in [2.75, 3.05) is 118 Å². The summed E-state index contributed by atoms with van der Waals surface area (Å²) >= 11 is 0. The summed E-state index contributed by atoms with van der Waals surface area (Å²) in [5, 5.41) is 6.30. The summed E-state index contributed by atoms with van der Waals surface area (Å²) in [6.07, 6.45) is 0. The number of aromatic nitrogens is 4. The first-order chi connectivity index (χ1) is 24.0. The van der Waals surface area contributed by atoms with E-state index in [1.54, 1.807) is 31.4 Å². The molecular weight excluding hydrogens is 646 g/mol. The number of benzene rings is 1. The third-order valence-corrected chi connectivity index (χ3v) is 6.50. The molecule has 1 aromatic carbocycles. The zero-order valence-electron chi connectivity index (χ0n) is 27.7. The van der Waals surface area contributed by atoms with Crippen LogP contribution in [0.2, 0.25) is 0 Å². The highest BCUT2D eigenvalue weighted by molar-refractivity contribution is 5.94. The molecule has 1 amide bonds. The van der Waals surface area contributed by atoms with Gasteiger partial charge in [0.25, 0.3) is 5.91 Å². The number of fused-ring (bicyclic) bond motifs is 1. The van der Waals surface area contributed by atoms with E-state index in [0.29, 0.717) is 116 Å². The lowest BCUT2D eigenvalue weighted by Gasteiger charge is -2.09. The molecule has 0 radical (unpaired) electrons. The number of nitrogens with zero attached hydrogens (tertiary/aromatic N) is 5. The van der Waals surface area contributed by atoms with E-state index in [1.165, 1.54) is 4.57 Å². The Bertz CT molecular complexity index is 1480. The first-order valence-electron chi connectivity index (χ1n) is 15.8. The van der Waals surface area contributed by atoms with Crippen molar-refractivity contribution in [3.63, 3.8) is 0 Å². The number of imidazole rings is 1. The Kier molecular flexibility index (Phi) is 19.1. The molecule has 3 aromatic rings. The fraction of sp³-hybridized carbons (Fsp3) is 0.600. The number of carbonyl (C=O) groups is 1. The second kappa shape index (κ2) is 23.9. The number of nitrogens with one attached hydrogen (secondary N) is 3. The molecule has 0 saturated heterocycles. The Morgan fingerprint density at radius 2 is 1.43 bits per heavy atom. The van der Waals surface area contributed by atoms with Gasteiger partial charge in [0.15, 0.2) is 11.5 Å². The number of nitrogens with two attached hydrogens (primary N) is 1. The number of rotatable bonds is 28. The van der Waals surface area contributed by atoms with E-state index in [2.05, 4.69) is 30.3 Å². The van der Waals surface area contributed by atoms with Gasteiger partial charge in [0.05, 0.1) is 92.4 Å². The number of nitrogen functional groups attached to an aromatic ring is 1. The van der Waals surface area contributed by atoms with Crippen LogP contribution in [0, 0.1) is 5.53 Å². The lowest BCUT2D eigenvalue weighted by atomic mass is 10.1. The van der Waals surface area contributed by atoms with Gasteiger partial charge in [-0.3, -0.25) is 9.36 Å². The van der Waals surface area contributed by atoms with Crippen LogP contribution >= 0.6 is 0 Å². The third-order valence-electron chi connectivity index (χ3n) is 6.50. The van der Waals surface area contributed by atoms with Crippen LogP contribution < -0.4 is 26.4 Å². The molecule has 0 aliphatic carbocycles. The number of amides is 1. The maximum atomic E-state index is 12.6. The number of hydrogen-bond donors (Lipinski definition) is 4. The predicted molar refractivity (Wildman–Crippen MR) is 175 cm³/mol. The second-order valence-corrected chi connectivity index (χ2v) is 10.0. The molecule has 0 aliphatic heterocycles. The van der Waals surface area contributed by atoms with Gasteiger partial charge in [-0.15, -0.1) is 0 Å². The molecule has 0 spiro atoms. The van der Waals surface area contributed by atoms with E-state index in [9.17, 15) is 9.59 Å². The summed E-state index contributed by atoms with van der Waals surface area (Å²) in [6.45, 7) is 6.69. The molecule has 0 saturated carbocycles. The standard InChI is InChI=1S/C30H45N9O10/c1-42-10-21-49-29-36-26(31)25-27(37-29)39(30(41)35-25)22-23-2-4-24(5-3-23)28(40)33-6-8-43-11-13-45-15-17-47-19-20-48-18-16-46-14-12-44-9-7-34-38-32/h2-5,31H,6-22H2,1H3,(H3,32,33,34,40)/p+1. The molecule has 2 aromatic heterocycles. The molecular formula is C30H46N9O10+. The lowest BCUT2D eigenvalue weighted by Crippen LogP contribution is -2.27. The molecule has 0 aliphatic rings. The van der Waals surface area contributed by atoms with E-state index >= 15 is 0 Å². The van der Waals surface area contributed by atoms with E-state index in [-0.39, 0.29) is 30.9 Å². The van der Waals surface area contributed by atoms with Crippen molar-refractivity contribution in [3.05, 3.63) is 45.9 Å². The Morgan fingerprint density at radius 1 is 0.857 bits per heavy atom. The maximum absolute atomic E-state index is 12.6. The number of ether oxygens (including phenoxy) is 8. The highest BCUT2D eigenvalue weighted by Crippen LogP contribution is 2.18. The van der Waals surface area contributed by atoms with Crippen LogP contribution in [0.15, 0.2) is 34.2 Å². The number of anilines is 1. The zero-order valence-corrected chi connectivity index (χ0v) is 27.7. The molecule has 270 valence electrons. The van der Waals surface area contributed by atoms with Crippen LogP contribution in [-0.2, 0) is 39.7 Å². The molecule has 2 heterocycles. The topological polar surface area (TPSA) is 243 Å². The normalized spacial score (nSPS) is 11.1. The van der Waals surface area contributed by atoms with Crippen LogP contribution in [0.4, 0.5) is 5.82 Å². The van der Waals surface area contributed by atoms with Gasteiger partial charge in [0.2, 0.25) is 4.91 Å². The highest BCUT2D eigenvalue weighted by Gasteiger charge is 2.15. The summed E-state index contributed by atoms with van der Waals surface area (Å²) in [6, 6.07) is 6.94. The Morgan fingerprint density at radius 3 is 2.00 bits per heavy atom. The smallest absolute Gasteiger partial charge is 0.328 e. The molecule has 0 fully saturated rings. The average Bonchev–Trinajstić information content (AvgIpc) is 3.42. The number of carbonyl (C=O) groups excluding carboxylic acids is 1. The first kappa shape index (κ1) is 39.1. The molecule has 0 atom stereocenters. The number of hydrogen-bond acceptors (Lipinski definition) is 15. The number of aromatic amines is 1.